The van der Waals surface area contributed by atoms with Crippen molar-refractivity contribution in [2.75, 3.05) is 25.5 Å². The van der Waals surface area contributed by atoms with Crippen LogP contribution in [-0.2, 0) is 16.4 Å². The highest BCUT2D eigenvalue weighted by atomic mass is 32.2. The number of sulfonamides is 1. The van der Waals surface area contributed by atoms with Crippen molar-refractivity contribution >= 4 is 15.7 Å². The normalized spacial score (nSPS) is 14.9. The summed E-state index contributed by atoms with van der Waals surface area (Å²) in [7, 11) is -2.69. The summed E-state index contributed by atoms with van der Waals surface area (Å²) in [5, 5.41) is 3.06. The third-order valence-corrected chi connectivity index (χ3v) is 4.71. The summed E-state index contributed by atoms with van der Waals surface area (Å²) in [6.45, 7) is -0.0292. The molecule has 0 aromatic heterocycles. The van der Waals surface area contributed by atoms with Crippen LogP contribution in [0.15, 0.2) is 23.1 Å². The Morgan fingerprint density at radius 2 is 2.17 bits per heavy atom. The lowest BCUT2D eigenvalue weighted by atomic mass is 10.2. The van der Waals surface area contributed by atoms with E-state index in [0.717, 1.165) is 31.3 Å². The number of halogens is 2. The van der Waals surface area contributed by atoms with Gasteiger partial charge in [-0.3, -0.25) is 0 Å². The molecule has 2 rings (SSSR count). The summed E-state index contributed by atoms with van der Waals surface area (Å²) in [4.78, 5) is 0.0406. The van der Waals surface area contributed by atoms with E-state index in [1.165, 1.54) is 12.1 Å². The number of alkyl halides is 2. The Bertz CT molecular complexity index is 546. The zero-order valence-corrected chi connectivity index (χ0v) is 10.7. The summed E-state index contributed by atoms with van der Waals surface area (Å²) >= 11 is 0. The van der Waals surface area contributed by atoms with Gasteiger partial charge >= 0.3 is 0 Å². The highest BCUT2D eigenvalue weighted by molar-refractivity contribution is 7.89. The van der Waals surface area contributed by atoms with E-state index < -0.39 is 23.0 Å². The smallest absolute Gasteiger partial charge is 0.252 e. The maximum absolute atomic E-state index is 12.2. The molecule has 0 radical (unpaired) electrons. The molecule has 0 saturated carbocycles. The topological polar surface area (TPSA) is 49.4 Å². The van der Waals surface area contributed by atoms with Crippen LogP contribution < -0.4 is 5.32 Å². The molecule has 1 N–H and O–H groups in total. The number of benzene rings is 1. The monoisotopic (exact) mass is 276 g/mol. The lowest BCUT2D eigenvalue weighted by Crippen LogP contribution is -2.31. The summed E-state index contributed by atoms with van der Waals surface area (Å²) in [6, 6.07) is 4.68. The number of fused-ring (bicyclic) bond motifs is 1. The van der Waals surface area contributed by atoms with Crippen molar-refractivity contribution in [2.24, 2.45) is 0 Å². The fourth-order valence-electron chi connectivity index (χ4n) is 1.90. The van der Waals surface area contributed by atoms with Gasteiger partial charge in [0.2, 0.25) is 10.0 Å². The molecule has 0 atom stereocenters. The highest BCUT2D eigenvalue weighted by Gasteiger charge is 2.25. The second-order valence-corrected chi connectivity index (χ2v) is 6.22. The molecule has 7 heteroatoms. The molecule has 0 unspecified atom stereocenters. The third kappa shape index (κ3) is 2.46. The number of hydrogen-bond donors (Lipinski definition) is 1. The molecule has 0 fully saturated rings. The molecule has 1 aromatic carbocycles. The number of hydrogen-bond acceptors (Lipinski definition) is 3. The number of nitrogens with zero attached hydrogens (tertiary/aromatic N) is 1. The molecule has 1 aliphatic heterocycles. The molecule has 0 saturated heterocycles. The van der Waals surface area contributed by atoms with Crippen LogP contribution in [0.3, 0.4) is 0 Å². The molecule has 0 amide bonds. The fraction of sp³-hybridized carbons (Fsp3) is 0.455. The van der Waals surface area contributed by atoms with Crippen molar-refractivity contribution in [2.45, 2.75) is 17.7 Å². The van der Waals surface area contributed by atoms with E-state index in [-0.39, 0.29) is 4.90 Å². The maximum atomic E-state index is 12.2. The lowest BCUT2D eigenvalue weighted by Gasteiger charge is -2.17. The first kappa shape index (κ1) is 13.2. The first-order chi connectivity index (χ1) is 8.41. The second-order valence-electron chi connectivity index (χ2n) is 4.17. The van der Waals surface area contributed by atoms with E-state index >= 15 is 0 Å². The Kier molecular flexibility index (Phi) is 3.54. The van der Waals surface area contributed by atoms with Gasteiger partial charge in [0.1, 0.15) is 0 Å². The standard InChI is InChI=1S/C11H14F2N2O2S/c1-15(7-11(12)13)18(16,17)9-3-2-8-4-5-14-10(8)6-9/h2-3,6,11,14H,4-5,7H2,1H3. The Hall–Kier alpha value is -1.21. The van der Waals surface area contributed by atoms with Gasteiger partial charge in [0.15, 0.2) is 0 Å². The van der Waals surface area contributed by atoms with Crippen molar-refractivity contribution < 1.29 is 17.2 Å². The fourth-order valence-corrected chi connectivity index (χ4v) is 3.08. The number of anilines is 1. The second kappa shape index (κ2) is 4.81. The molecule has 0 bridgehead atoms. The molecule has 4 nitrogen and oxygen atoms in total. The summed E-state index contributed by atoms with van der Waals surface area (Å²) < 4.78 is 49.2. The van der Waals surface area contributed by atoms with Crippen molar-refractivity contribution in [1.82, 2.24) is 4.31 Å². The molecule has 100 valence electrons. The molecular formula is C11H14F2N2O2S. The maximum Gasteiger partial charge on any atom is 0.252 e. The zero-order chi connectivity index (χ0) is 13.3. The minimum absolute atomic E-state index is 0.0406. The Labute approximate surface area is 105 Å². The molecular weight excluding hydrogens is 262 g/mol. The van der Waals surface area contributed by atoms with Crippen molar-refractivity contribution in [3.8, 4) is 0 Å². The Morgan fingerprint density at radius 3 is 2.83 bits per heavy atom. The van der Waals surface area contributed by atoms with E-state index in [9.17, 15) is 17.2 Å². The van der Waals surface area contributed by atoms with Crippen LogP contribution in [0.2, 0.25) is 0 Å². The Balaban J connectivity index is 2.30. The summed E-state index contributed by atoms with van der Waals surface area (Å²) in [5.74, 6) is 0. The van der Waals surface area contributed by atoms with Crippen LogP contribution in [0.5, 0.6) is 0 Å². The van der Waals surface area contributed by atoms with Crippen LogP contribution in [0, 0.1) is 0 Å². The number of nitrogens with one attached hydrogen (secondary N) is 1. The quantitative estimate of drug-likeness (QED) is 0.907. The van der Waals surface area contributed by atoms with Crippen LogP contribution >= 0.6 is 0 Å². The van der Waals surface area contributed by atoms with Crippen molar-refractivity contribution in [1.29, 1.82) is 0 Å². The van der Waals surface area contributed by atoms with E-state index in [1.807, 2.05) is 0 Å². The van der Waals surface area contributed by atoms with Gasteiger partial charge in [-0.1, -0.05) is 6.07 Å². The molecule has 0 spiro atoms. The molecule has 0 aliphatic carbocycles. The molecule has 1 heterocycles. The van der Waals surface area contributed by atoms with E-state index in [0.29, 0.717) is 4.31 Å². The highest BCUT2D eigenvalue weighted by Crippen LogP contribution is 2.26. The molecule has 1 aromatic rings. The predicted octanol–water partition coefficient (Wildman–Crippen LogP) is 1.54. The largest absolute Gasteiger partial charge is 0.384 e. The first-order valence-corrected chi connectivity index (χ1v) is 6.96. The molecule has 1 aliphatic rings. The summed E-state index contributed by atoms with van der Waals surface area (Å²) in [5.41, 5.74) is 1.81. The predicted molar refractivity (Wildman–Crippen MR) is 64.5 cm³/mol. The average molecular weight is 276 g/mol. The van der Waals surface area contributed by atoms with Gasteiger partial charge in [-0.2, -0.15) is 4.31 Å². The van der Waals surface area contributed by atoms with E-state index in [2.05, 4.69) is 5.32 Å². The van der Waals surface area contributed by atoms with Gasteiger partial charge in [-0.05, 0) is 24.1 Å². The van der Waals surface area contributed by atoms with Crippen LogP contribution in [0.1, 0.15) is 5.56 Å². The number of rotatable bonds is 4. The minimum atomic E-state index is -3.84. The van der Waals surface area contributed by atoms with Gasteiger partial charge in [0, 0.05) is 19.3 Å². The lowest BCUT2D eigenvalue weighted by molar-refractivity contribution is 0.126. The van der Waals surface area contributed by atoms with Gasteiger partial charge in [0.05, 0.1) is 11.4 Å². The minimum Gasteiger partial charge on any atom is -0.384 e. The van der Waals surface area contributed by atoms with Gasteiger partial charge in [-0.15, -0.1) is 0 Å². The first-order valence-electron chi connectivity index (χ1n) is 5.52. The molecule has 18 heavy (non-hydrogen) atoms. The summed E-state index contributed by atoms with van der Waals surface area (Å²) in [6.07, 6.45) is -1.83. The van der Waals surface area contributed by atoms with Crippen LogP contribution in [-0.4, -0.2) is 39.3 Å². The van der Waals surface area contributed by atoms with Gasteiger partial charge in [-0.25, -0.2) is 17.2 Å². The SMILES string of the molecule is CN(CC(F)F)S(=O)(=O)c1ccc2c(c1)NCC2. The Morgan fingerprint density at radius 1 is 1.44 bits per heavy atom. The van der Waals surface area contributed by atoms with Crippen molar-refractivity contribution in [3.63, 3.8) is 0 Å². The van der Waals surface area contributed by atoms with Crippen LogP contribution in [0.4, 0.5) is 14.5 Å². The average Bonchev–Trinajstić information content (AvgIpc) is 2.74. The van der Waals surface area contributed by atoms with Crippen LogP contribution in [0.25, 0.3) is 0 Å². The van der Waals surface area contributed by atoms with Gasteiger partial charge < -0.3 is 5.32 Å². The third-order valence-electron chi connectivity index (χ3n) is 2.89. The van der Waals surface area contributed by atoms with Crippen molar-refractivity contribution in [3.05, 3.63) is 23.8 Å². The van der Waals surface area contributed by atoms with E-state index in [1.54, 1.807) is 6.07 Å². The van der Waals surface area contributed by atoms with E-state index in [4.69, 9.17) is 0 Å². The zero-order valence-electron chi connectivity index (χ0n) is 9.86. The van der Waals surface area contributed by atoms with Gasteiger partial charge in [0.25, 0.3) is 6.43 Å².